The zero-order valence-corrected chi connectivity index (χ0v) is 12.2. The topological polar surface area (TPSA) is 42.0 Å². The SMILES string of the molecule is Cc1ccc(Cl)cc1NC(=O)c1ccc2cccnc2c1. The van der Waals surface area contributed by atoms with Crippen molar-refractivity contribution in [3.05, 3.63) is 70.9 Å². The number of aromatic nitrogens is 1. The molecule has 0 bridgehead atoms. The molecule has 1 heterocycles. The number of rotatable bonds is 2. The second kappa shape index (κ2) is 5.54. The van der Waals surface area contributed by atoms with Crippen LogP contribution in [-0.2, 0) is 0 Å². The number of nitrogens with zero attached hydrogens (tertiary/aromatic N) is 1. The van der Waals surface area contributed by atoms with Crippen molar-refractivity contribution in [2.24, 2.45) is 0 Å². The summed E-state index contributed by atoms with van der Waals surface area (Å²) in [4.78, 5) is 16.6. The minimum Gasteiger partial charge on any atom is -0.322 e. The third-order valence-electron chi connectivity index (χ3n) is 3.32. The highest BCUT2D eigenvalue weighted by Gasteiger charge is 2.09. The van der Waals surface area contributed by atoms with Crippen LogP contribution in [0, 0.1) is 6.92 Å². The Hall–Kier alpha value is -2.39. The summed E-state index contributed by atoms with van der Waals surface area (Å²) < 4.78 is 0. The number of amides is 1. The maximum atomic E-state index is 12.3. The highest BCUT2D eigenvalue weighted by Crippen LogP contribution is 2.21. The van der Waals surface area contributed by atoms with Crippen LogP contribution < -0.4 is 5.32 Å². The first-order chi connectivity index (χ1) is 10.1. The first-order valence-corrected chi connectivity index (χ1v) is 6.93. The quantitative estimate of drug-likeness (QED) is 0.759. The fraction of sp³-hybridized carbons (Fsp3) is 0.0588. The zero-order valence-electron chi connectivity index (χ0n) is 11.4. The van der Waals surface area contributed by atoms with Crippen molar-refractivity contribution in [2.75, 3.05) is 5.32 Å². The lowest BCUT2D eigenvalue weighted by atomic mass is 10.1. The molecule has 0 radical (unpaired) electrons. The summed E-state index contributed by atoms with van der Waals surface area (Å²) in [6.45, 7) is 1.92. The van der Waals surface area contributed by atoms with Crippen molar-refractivity contribution >= 4 is 34.1 Å². The number of anilines is 1. The Kier molecular flexibility index (Phi) is 3.59. The molecular weight excluding hydrogens is 284 g/mol. The summed E-state index contributed by atoms with van der Waals surface area (Å²) in [5.41, 5.74) is 3.05. The van der Waals surface area contributed by atoms with E-state index in [9.17, 15) is 4.79 Å². The van der Waals surface area contributed by atoms with Gasteiger partial charge in [0.25, 0.3) is 5.91 Å². The molecule has 0 saturated heterocycles. The van der Waals surface area contributed by atoms with E-state index in [0.29, 0.717) is 16.3 Å². The average Bonchev–Trinajstić information content (AvgIpc) is 2.50. The molecule has 4 heteroatoms. The van der Waals surface area contributed by atoms with E-state index in [1.165, 1.54) is 0 Å². The number of aryl methyl sites for hydroxylation is 1. The van der Waals surface area contributed by atoms with E-state index in [-0.39, 0.29) is 5.91 Å². The number of hydrogen-bond acceptors (Lipinski definition) is 2. The van der Waals surface area contributed by atoms with Crippen LogP contribution in [0.5, 0.6) is 0 Å². The van der Waals surface area contributed by atoms with Gasteiger partial charge >= 0.3 is 0 Å². The van der Waals surface area contributed by atoms with Crippen LogP contribution in [0.25, 0.3) is 10.9 Å². The van der Waals surface area contributed by atoms with Crippen LogP contribution in [0.3, 0.4) is 0 Å². The Bertz CT molecular complexity index is 830. The molecular formula is C17H13ClN2O. The van der Waals surface area contributed by atoms with Crippen LogP contribution in [0.15, 0.2) is 54.7 Å². The first-order valence-electron chi connectivity index (χ1n) is 6.56. The summed E-state index contributed by atoms with van der Waals surface area (Å²) in [5.74, 6) is -0.173. The van der Waals surface area contributed by atoms with Gasteiger partial charge in [-0.05, 0) is 42.8 Å². The number of halogens is 1. The molecule has 3 rings (SSSR count). The smallest absolute Gasteiger partial charge is 0.255 e. The maximum absolute atomic E-state index is 12.3. The largest absolute Gasteiger partial charge is 0.322 e. The first kappa shape index (κ1) is 13.6. The number of fused-ring (bicyclic) bond motifs is 1. The van der Waals surface area contributed by atoms with Crippen molar-refractivity contribution in [2.45, 2.75) is 6.92 Å². The molecule has 21 heavy (non-hydrogen) atoms. The molecule has 0 unspecified atom stereocenters. The van der Waals surface area contributed by atoms with E-state index in [2.05, 4.69) is 10.3 Å². The molecule has 0 aliphatic heterocycles. The van der Waals surface area contributed by atoms with E-state index in [1.807, 2.05) is 31.2 Å². The van der Waals surface area contributed by atoms with Gasteiger partial charge in [0.2, 0.25) is 0 Å². The highest BCUT2D eigenvalue weighted by molar-refractivity contribution is 6.31. The van der Waals surface area contributed by atoms with Crippen molar-refractivity contribution < 1.29 is 4.79 Å². The van der Waals surface area contributed by atoms with Gasteiger partial charge in [0.05, 0.1) is 5.52 Å². The molecule has 104 valence electrons. The van der Waals surface area contributed by atoms with Gasteiger partial charge in [0.1, 0.15) is 0 Å². The lowest BCUT2D eigenvalue weighted by molar-refractivity contribution is 0.102. The summed E-state index contributed by atoms with van der Waals surface area (Å²) in [7, 11) is 0. The molecule has 0 spiro atoms. The summed E-state index contributed by atoms with van der Waals surface area (Å²) in [5, 5.41) is 4.48. The Morgan fingerprint density at radius 1 is 1.14 bits per heavy atom. The third-order valence-corrected chi connectivity index (χ3v) is 3.55. The van der Waals surface area contributed by atoms with E-state index in [1.54, 1.807) is 30.5 Å². The second-order valence-corrected chi connectivity index (χ2v) is 5.26. The van der Waals surface area contributed by atoms with Gasteiger partial charge < -0.3 is 5.32 Å². The van der Waals surface area contributed by atoms with E-state index < -0.39 is 0 Å². The molecule has 0 fully saturated rings. The van der Waals surface area contributed by atoms with Gasteiger partial charge in [-0.25, -0.2) is 0 Å². The molecule has 1 N–H and O–H groups in total. The maximum Gasteiger partial charge on any atom is 0.255 e. The molecule has 3 nitrogen and oxygen atoms in total. The molecule has 1 aromatic heterocycles. The van der Waals surface area contributed by atoms with Crippen molar-refractivity contribution in [3.63, 3.8) is 0 Å². The summed E-state index contributed by atoms with van der Waals surface area (Å²) in [6.07, 6.45) is 1.71. The normalized spacial score (nSPS) is 10.6. The van der Waals surface area contributed by atoms with Gasteiger partial charge in [-0.2, -0.15) is 0 Å². The molecule has 3 aromatic rings. The summed E-state index contributed by atoms with van der Waals surface area (Å²) in [6, 6.07) is 14.7. The van der Waals surface area contributed by atoms with E-state index in [0.717, 1.165) is 16.5 Å². The van der Waals surface area contributed by atoms with Crippen LogP contribution >= 0.6 is 11.6 Å². The number of nitrogens with one attached hydrogen (secondary N) is 1. The highest BCUT2D eigenvalue weighted by atomic mass is 35.5. The predicted octanol–water partition coefficient (Wildman–Crippen LogP) is 4.45. The Morgan fingerprint density at radius 3 is 2.86 bits per heavy atom. The Labute approximate surface area is 127 Å². The van der Waals surface area contributed by atoms with Crippen LogP contribution in [0.2, 0.25) is 5.02 Å². The second-order valence-electron chi connectivity index (χ2n) is 4.82. The fourth-order valence-electron chi connectivity index (χ4n) is 2.13. The van der Waals surface area contributed by atoms with Crippen LogP contribution in [-0.4, -0.2) is 10.9 Å². The predicted molar refractivity (Wildman–Crippen MR) is 85.9 cm³/mol. The fourth-order valence-corrected chi connectivity index (χ4v) is 2.30. The molecule has 1 amide bonds. The lowest BCUT2D eigenvalue weighted by Crippen LogP contribution is -2.12. The van der Waals surface area contributed by atoms with Gasteiger partial charge in [-0.3, -0.25) is 9.78 Å². The van der Waals surface area contributed by atoms with Crippen LogP contribution in [0.4, 0.5) is 5.69 Å². The van der Waals surface area contributed by atoms with Crippen molar-refractivity contribution in [1.82, 2.24) is 4.98 Å². The third kappa shape index (κ3) is 2.88. The number of carbonyl (C=O) groups excluding carboxylic acids is 1. The molecule has 0 saturated carbocycles. The Balaban J connectivity index is 1.91. The van der Waals surface area contributed by atoms with Gasteiger partial charge in [-0.1, -0.05) is 29.8 Å². The van der Waals surface area contributed by atoms with Crippen molar-refractivity contribution in [3.8, 4) is 0 Å². The lowest BCUT2D eigenvalue weighted by Gasteiger charge is -2.09. The molecule has 0 aliphatic carbocycles. The minimum absolute atomic E-state index is 0.173. The Morgan fingerprint density at radius 2 is 2.00 bits per heavy atom. The standard InChI is InChI=1S/C17H13ClN2O/c1-11-4-7-14(18)10-15(11)20-17(21)13-6-5-12-3-2-8-19-16(12)9-13/h2-10H,1H3,(H,20,21). The monoisotopic (exact) mass is 296 g/mol. The van der Waals surface area contributed by atoms with Gasteiger partial charge in [0.15, 0.2) is 0 Å². The van der Waals surface area contributed by atoms with Gasteiger partial charge in [0, 0.05) is 27.9 Å². The van der Waals surface area contributed by atoms with Crippen LogP contribution in [0.1, 0.15) is 15.9 Å². The number of pyridine rings is 1. The van der Waals surface area contributed by atoms with E-state index in [4.69, 9.17) is 11.6 Å². The minimum atomic E-state index is -0.173. The molecule has 0 aliphatic rings. The molecule has 2 aromatic carbocycles. The van der Waals surface area contributed by atoms with Crippen molar-refractivity contribution in [1.29, 1.82) is 0 Å². The van der Waals surface area contributed by atoms with Gasteiger partial charge in [-0.15, -0.1) is 0 Å². The number of benzene rings is 2. The number of carbonyl (C=O) groups is 1. The average molecular weight is 297 g/mol. The molecule has 0 atom stereocenters. The number of hydrogen-bond donors (Lipinski definition) is 1. The zero-order chi connectivity index (χ0) is 14.8. The van der Waals surface area contributed by atoms with E-state index >= 15 is 0 Å². The summed E-state index contributed by atoms with van der Waals surface area (Å²) >= 11 is 5.96.